The number of benzene rings is 2. The van der Waals surface area contributed by atoms with E-state index in [1.807, 2.05) is 0 Å². The highest BCUT2D eigenvalue weighted by atomic mass is 32.2. The number of rotatable bonds is 5. The SMILES string of the molecule is Cc1ccc(N2CCn3c(SCc4ccc([N+](=O)[O-])cc4)nnc32)cc1. The van der Waals surface area contributed by atoms with Gasteiger partial charge in [-0.1, -0.05) is 41.6 Å². The number of nitro groups is 1. The number of nitrogens with zero attached hydrogens (tertiary/aromatic N) is 5. The second-order valence-electron chi connectivity index (χ2n) is 6.13. The van der Waals surface area contributed by atoms with Crippen molar-refractivity contribution in [2.24, 2.45) is 0 Å². The molecule has 132 valence electrons. The maximum Gasteiger partial charge on any atom is 0.269 e. The molecule has 2 aromatic carbocycles. The molecule has 7 nitrogen and oxygen atoms in total. The van der Waals surface area contributed by atoms with E-state index in [1.54, 1.807) is 23.9 Å². The van der Waals surface area contributed by atoms with Gasteiger partial charge in [0.15, 0.2) is 5.16 Å². The van der Waals surface area contributed by atoms with Crippen LogP contribution < -0.4 is 4.90 Å². The maximum absolute atomic E-state index is 10.7. The van der Waals surface area contributed by atoms with Crippen LogP contribution in [0.3, 0.4) is 0 Å². The standard InChI is InChI=1S/C18H17N5O2S/c1-13-2-6-15(7-3-13)21-10-11-22-17(21)19-20-18(22)26-12-14-4-8-16(9-5-14)23(24)25/h2-9H,10-12H2,1H3. The molecule has 0 aliphatic carbocycles. The minimum Gasteiger partial charge on any atom is -0.309 e. The third-order valence-electron chi connectivity index (χ3n) is 4.35. The molecule has 0 saturated heterocycles. The number of non-ortho nitro benzene ring substituents is 1. The second-order valence-corrected chi connectivity index (χ2v) is 7.08. The Morgan fingerprint density at radius 2 is 1.81 bits per heavy atom. The zero-order valence-corrected chi connectivity index (χ0v) is 15.0. The number of nitro benzene ring substituents is 1. The van der Waals surface area contributed by atoms with E-state index < -0.39 is 0 Å². The maximum atomic E-state index is 10.7. The number of aryl methyl sites for hydroxylation is 1. The quantitative estimate of drug-likeness (QED) is 0.386. The van der Waals surface area contributed by atoms with Gasteiger partial charge in [-0.2, -0.15) is 0 Å². The van der Waals surface area contributed by atoms with Crippen LogP contribution in [0.15, 0.2) is 53.7 Å². The molecule has 0 amide bonds. The molecule has 0 radical (unpaired) electrons. The first-order chi connectivity index (χ1) is 12.6. The summed E-state index contributed by atoms with van der Waals surface area (Å²) in [6, 6.07) is 15.0. The molecule has 0 N–H and O–H groups in total. The summed E-state index contributed by atoms with van der Waals surface area (Å²) >= 11 is 1.59. The van der Waals surface area contributed by atoms with Crippen LogP contribution in [-0.2, 0) is 12.3 Å². The number of anilines is 2. The smallest absolute Gasteiger partial charge is 0.269 e. The van der Waals surface area contributed by atoms with Crippen LogP contribution in [0.25, 0.3) is 0 Å². The predicted molar refractivity (Wildman–Crippen MR) is 101 cm³/mol. The number of hydrogen-bond acceptors (Lipinski definition) is 6. The monoisotopic (exact) mass is 367 g/mol. The summed E-state index contributed by atoms with van der Waals surface area (Å²) in [5.41, 5.74) is 3.48. The second kappa shape index (κ2) is 6.80. The van der Waals surface area contributed by atoms with Gasteiger partial charge in [0.25, 0.3) is 5.69 Å². The van der Waals surface area contributed by atoms with E-state index in [4.69, 9.17) is 0 Å². The lowest BCUT2D eigenvalue weighted by molar-refractivity contribution is -0.384. The zero-order chi connectivity index (χ0) is 18.1. The molecule has 26 heavy (non-hydrogen) atoms. The minimum absolute atomic E-state index is 0.107. The van der Waals surface area contributed by atoms with Gasteiger partial charge in [0, 0.05) is 36.7 Å². The summed E-state index contributed by atoms with van der Waals surface area (Å²) in [5, 5.41) is 20.3. The molecule has 4 rings (SSSR count). The van der Waals surface area contributed by atoms with Crippen LogP contribution >= 0.6 is 11.8 Å². The molecule has 3 aromatic rings. The molecule has 0 unspecified atom stereocenters. The predicted octanol–water partition coefficient (Wildman–Crippen LogP) is 3.94. The molecule has 1 aromatic heterocycles. The van der Waals surface area contributed by atoms with Crippen molar-refractivity contribution in [2.45, 2.75) is 24.4 Å². The molecule has 0 bridgehead atoms. The van der Waals surface area contributed by atoms with Crippen LogP contribution in [0, 0.1) is 17.0 Å². The van der Waals surface area contributed by atoms with Gasteiger partial charge >= 0.3 is 0 Å². The molecule has 2 heterocycles. The highest BCUT2D eigenvalue weighted by Crippen LogP contribution is 2.33. The molecule has 0 spiro atoms. The fraction of sp³-hybridized carbons (Fsp3) is 0.222. The Bertz CT molecular complexity index is 937. The third kappa shape index (κ3) is 3.15. The van der Waals surface area contributed by atoms with Gasteiger partial charge in [-0.05, 0) is 24.6 Å². The lowest BCUT2D eigenvalue weighted by atomic mass is 10.2. The van der Waals surface area contributed by atoms with Crippen LogP contribution in [0.4, 0.5) is 17.3 Å². The average Bonchev–Trinajstić information content (AvgIpc) is 3.23. The van der Waals surface area contributed by atoms with Gasteiger partial charge < -0.3 is 4.90 Å². The Morgan fingerprint density at radius 1 is 1.08 bits per heavy atom. The lowest BCUT2D eigenvalue weighted by Crippen LogP contribution is -2.14. The molecule has 8 heteroatoms. The number of aromatic nitrogens is 3. The molecule has 1 aliphatic rings. The van der Waals surface area contributed by atoms with E-state index >= 15 is 0 Å². The van der Waals surface area contributed by atoms with Gasteiger partial charge in [0.2, 0.25) is 5.95 Å². The van der Waals surface area contributed by atoms with E-state index in [0.29, 0.717) is 5.75 Å². The van der Waals surface area contributed by atoms with E-state index in [-0.39, 0.29) is 10.6 Å². The fourth-order valence-corrected chi connectivity index (χ4v) is 3.83. The number of hydrogen-bond donors (Lipinski definition) is 0. The fourth-order valence-electron chi connectivity index (χ4n) is 2.91. The van der Waals surface area contributed by atoms with Crippen LogP contribution in [0.1, 0.15) is 11.1 Å². The number of fused-ring (bicyclic) bond motifs is 1. The number of thioether (sulfide) groups is 1. The highest BCUT2D eigenvalue weighted by molar-refractivity contribution is 7.98. The van der Waals surface area contributed by atoms with Crippen molar-refractivity contribution < 1.29 is 4.92 Å². The van der Waals surface area contributed by atoms with E-state index in [2.05, 4.69) is 50.9 Å². The lowest BCUT2D eigenvalue weighted by Gasteiger charge is -2.15. The first kappa shape index (κ1) is 16.6. The zero-order valence-electron chi connectivity index (χ0n) is 14.2. The van der Waals surface area contributed by atoms with E-state index in [9.17, 15) is 10.1 Å². The van der Waals surface area contributed by atoms with Gasteiger partial charge in [-0.25, -0.2) is 0 Å². The largest absolute Gasteiger partial charge is 0.309 e. The Balaban J connectivity index is 1.47. The van der Waals surface area contributed by atoms with Gasteiger partial charge in [0.05, 0.1) is 4.92 Å². The van der Waals surface area contributed by atoms with Crippen molar-refractivity contribution in [1.29, 1.82) is 0 Å². The Labute approximate surface area is 154 Å². The Hall–Kier alpha value is -2.87. The summed E-state index contributed by atoms with van der Waals surface area (Å²) in [4.78, 5) is 12.5. The van der Waals surface area contributed by atoms with Crippen LogP contribution in [0.2, 0.25) is 0 Å². The van der Waals surface area contributed by atoms with Crippen LogP contribution in [0.5, 0.6) is 0 Å². The van der Waals surface area contributed by atoms with Crippen molar-refractivity contribution in [3.05, 3.63) is 69.8 Å². The normalized spacial score (nSPS) is 13.0. The molecule has 0 saturated carbocycles. The minimum atomic E-state index is -0.387. The topological polar surface area (TPSA) is 77.1 Å². The molecular formula is C18H17N5O2S. The van der Waals surface area contributed by atoms with Crippen molar-refractivity contribution in [3.63, 3.8) is 0 Å². The van der Waals surface area contributed by atoms with Crippen LogP contribution in [-0.4, -0.2) is 26.2 Å². The van der Waals surface area contributed by atoms with Crippen molar-refractivity contribution in [1.82, 2.24) is 14.8 Å². The first-order valence-corrected chi connectivity index (χ1v) is 9.24. The van der Waals surface area contributed by atoms with Gasteiger partial charge in [-0.15, -0.1) is 10.2 Å². The molecule has 0 atom stereocenters. The highest BCUT2D eigenvalue weighted by Gasteiger charge is 2.25. The average molecular weight is 367 g/mol. The van der Waals surface area contributed by atoms with E-state index in [0.717, 1.165) is 35.4 Å². The summed E-state index contributed by atoms with van der Waals surface area (Å²) in [6.07, 6.45) is 0. The molecular weight excluding hydrogens is 350 g/mol. The van der Waals surface area contributed by atoms with Gasteiger partial charge in [-0.3, -0.25) is 14.7 Å². The van der Waals surface area contributed by atoms with Gasteiger partial charge in [0.1, 0.15) is 0 Å². The third-order valence-corrected chi connectivity index (χ3v) is 5.38. The summed E-state index contributed by atoms with van der Waals surface area (Å²) in [6.45, 7) is 3.79. The molecule has 0 fully saturated rings. The summed E-state index contributed by atoms with van der Waals surface area (Å²) in [7, 11) is 0. The Kier molecular flexibility index (Phi) is 4.34. The first-order valence-electron chi connectivity index (χ1n) is 8.25. The summed E-state index contributed by atoms with van der Waals surface area (Å²) in [5.74, 6) is 1.56. The van der Waals surface area contributed by atoms with E-state index in [1.165, 1.54) is 17.7 Å². The van der Waals surface area contributed by atoms with Crippen molar-refractivity contribution in [2.75, 3.05) is 11.4 Å². The van der Waals surface area contributed by atoms with Crippen molar-refractivity contribution in [3.8, 4) is 0 Å². The molecule has 1 aliphatic heterocycles. The summed E-state index contributed by atoms with van der Waals surface area (Å²) < 4.78 is 2.12. The van der Waals surface area contributed by atoms with Crippen molar-refractivity contribution >= 4 is 29.1 Å². The Morgan fingerprint density at radius 3 is 2.50 bits per heavy atom.